The van der Waals surface area contributed by atoms with Crippen molar-refractivity contribution in [2.45, 2.75) is 44.6 Å². The first kappa shape index (κ1) is 21.1. The molecule has 4 rings (SSSR count). The number of hydrogen-bond donors (Lipinski definition) is 2. The molecule has 7 heteroatoms. The van der Waals surface area contributed by atoms with Crippen LogP contribution in [-0.2, 0) is 4.79 Å². The third-order valence-corrected chi connectivity index (χ3v) is 6.55. The number of anilines is 2. The van der Waals surface area contributed by atoms with Crippen LogP contribution < -0.4 is 10.2 Å². The molecule has 1 aromatic carbocycles. The van der Waals surface area contributed by atoms with E-state index in [1.807, 2.05) is 30.1 Å². The Balaban J connectivity index is 1.62. The molecule has 2 amide bonds. The zero-order valence-electron chi connectivity index (χ0n) is 18.0. The van der Waals surface area contributed by atoms with Crippen LogP contribution in [0.2, 0.25) is 0 Å². The second-order valence-electron chi connectivity index (χ2n) is 8.99. The minimum absolute atomic E-state index is 0.0264. The first-order valence-corrected chi connectivity index (χ1v) is 11.4. The Labute approximate surface area is 179 Å². The van der Waals surface area contributed by atoms with E-state index in [1.165, 1.54) is 12.8 Å². The molecule has 3 fully saturated rings. The van der Waals surface area contributed by atoms with Crippen LogP contribution in [0.4, 0.5) is 11.4 Å². The third-order valence-electron chi connectivity index (χ3n) is 6.55. The second kappa shape index (κ2) is 9.35. The van der Waals surface area contributed by atoms with Crippen LogP contribution in [0.25, 0.3) is 0 Å². The lowest BCUT2D eigenvalue weighted by atomic mass is 10.1. The van der Waals surface area contributed by atoms with Crippen LogP contribution >= 0.6 is 0 Å². The predicted molar refractivity (Wildman–Crippen MR) is 118 cm³/mol. The lowest BCUT2D eigenvalue weighted by molar-refractivity contribution is -0.117. The summed E-state index contributed by atoms with van der Waals surface area (Å²) in [5, 5.41) is 12.9. The molecule has 0 aromatic heterocycles. The SMILES string of the molecule is CN1CCN(C(=O)c2ccc(NC(=O)C3CC3)cc2N2CCCCCC2)C(CO)C1. The molecule has 2 aliphatic heterocycles. The highest BCUT2D eigenvalue weighted by atomic mass is 16.3. The molecule has 1 atom stereocenters. The molecular weight excluding hydrogens is 380 g/mol. The van der Waals surface area contributed by atoms with E-state index in [0.29, 0.717) is 18.7 Å². The van der Waals surface area contributed by atoms with E-state index in [9.17, 15) is 14.7 Å². The van der Waals surface area contributed by atoms with E-state index in [4.69, 9.17) is 0 Å². The standard InChI is InChI=1S/C23H34N4O3/c1-25-12-13-27(19(15-25)16-28)23(30)20-9-8-18(24-22(29)17-6-7-17)14-21(20)26-10-4-2-3-5-11-26/h8-9,14,17,19,28H,2-7,10-13,15-16H2,1H3,(H,24,29). The molecule has 1 aliphatic carbocycles. The summed E-state index contributed by atoms with van der Waals surface area (Å²) in [6, 6.07) is 5.49. The van der Waals surface area contributed by atoms with Gasteiger partial charge in [0.2, 0.25) is 5.91 Å². The first-order chi connectivity index (χ1) is 14.6. The smallest absolute Gasteiger partial charge is 0.256 e. The number of carbonyl (C=O) groups is 2. The molecule has 30 heavy (non-hydrogen) atoms. The monoisotopic (exact) mass is 414 g/mol. The van der Waals surface area contributed by atoms with Gasteiger partial charge < -0.3 is 25.1 Å². The third kappa shape index (κ3) is 4.78. The molecule has 0 spiro atoms. The summed E-state index contributed by atoms with van der Waals surface area (Å²) in [4.78, 5) is 32.1. The summed E-state index contributed by atoms with van der Waals surface area (Å²) < 4.78 is 0. The van der Waals surface area contributed by atoms with Crippen LogP contribution in [0.1, 0.15) is 48.9 Å². The van der Waals surface area contributed by atoms with Crippen molar-refractivity contribution >= 4 is 23.2 Å². The van der Waals surface area contributed by atoms with Gasteiger partial charge in [-0.05, 0) is 50.9 Å². The molecule has 1 unspecified atom stereocenters. The number of likely N-dealkylation sites (N-methyl/N-ethyl adjacent to an activating group) is 1. The van der Waals surface area contributed by atoms with Crippen LogP contribution in [0.5, 0.6) is 0 Å². The highest BCUT2D eigenvalue weighted by molar-refractivity contribution is 6.02. The van der Waals surface area contributed by atoms with Crippen LogP contribution in [0.3, 0.4) is 0 Å². The number of benzene rings is 1. The molecule has 1 aromatic rings. The summed E-state index contributed by atoms with van der Waals surface area (Å²) in [7, 11) is 2.02. The average molecular weight is 415 g/mol. The van der Waals surface area contributed by atoms with E-state index in [2.05, 4.69) is 15.1 Å². The predicted octanol–water partition coefficient (Wildman–Crippen LogP) is 2.16. The Morgan fingerprint density at radius 3 is 2.47 bits per heavy atom. The van der Waals surface area contributed by atoms with Gasteiger partial charge in [-0.3, -0.25) is 9.59 Å². The topological polar surface area (TPSA) is 76.1 Å². The number of piperazine rings is 1. The number of aliphatic hydroxyl groups excluding tert-OH is 1. The fraction of sp³-hybridized carbons (Fsp3) is 0.652. The van der Waals surface area contributed by atoms with Crippen molar-refractivity contribution in [3.63, 3.8) is 0 Å². The van der Waals surface area contributed by atoms with E-state index in [1.54, 1.807) is 0 Å². The Bertz CT molecular complexity index is 772. The Morgan fingerprint density at radius 2 is 1.80 bits per heavy atom. The fourth-order valence-corrected chi connectivity index (χ4v) is 4.54. The molecule has 7 nitrogen and oxygen atoms in total. The number of nitrogens with one attached hydrogen (secondary N) is 1. The van der Waals surface area contributed by atoms with E-state index < -0.39 is 0 Å². The van der Waals surface area contributed by atoms with Gasteiger partial charge in [-0.15, -0.1) is 0 Å². The van der Waals surface area contributed by atoms with Gasteiger partial charge in [0.1, 0.15) is 0 Å². The Kier molecular flexibility index (Phi) is 6.58. The van der Waals surface area contributed by atoms with Crippen molar-refractivity contribution < 1.29 is 14.7 Å². The largest absolute Gasteiger partial charge is 0.394 e. The quantitative estimate of drug-likeness (QED) is 0.772. The van der Waals surface area contributed by atoms with Gasteiger partial charge in [0.05, 0.1) is 23.9 Å². The zero-order chi connectivity index (χ0) is 21.1. The Morgan fingerprint density at radius 1 is 1.07 bits per heavy atom. The van der Waals surface area contributed by atoms with Crippen molar-refractivity contribution in [1.29, 1.82) is 0 Å². The number of rotatable bonds is 5. The number of amides is 2. The highest BCUT2D eigenvalue weighted by Crippen LogP contribution is 2.33. The minimum Gasteiger partial charge on any atom is -0.394 e. The van der Waals surface area contributed by atoms with Crippen molar-refractivity contribution in [1.82, 2.24) is 9.80 Å². The molecule has 3 aliphatic rings. The molecular formula is C23H34N4O3. The summed E-state index contributed by atoms with van der Waals surface area (Å²) in [5.74, 6) is 0.195. The van der Waals surface area contributed by atoms with Gasteiger partial charge in [0.15, 0.2) is 0 Å². The molecule has 164 valence electrons. The summed E-state index contributed by atoms with van der Waals surface area (Å²) in [6.07, 6.45) is 6.58. The second-order valence-corrected chi connectivity index (χ2v) is 8.99. The van der Waals surface area contributed by atoms with Crippen molar-refractivity contribution in [2.75, 3.05) is 56.6 Å². The molecule has 2 saturated heterocycles. The Hall–Kier alpha value is -2.12. The zero-order valence-corrected chi connectivity index (χ0v) is 18.0. The summed E-state index contributed by atoms with van der Waals surface area (Å²) in [6.45, 7) is 3.90. The fourth-order valence-electron chi connectivity index (χ4n) is 4.54. The van der Waals surface area contributed by atoms with Gasteiger partial charge in [-0.2, -0.15) is 0 Å². The van der Waals surface area contributed by atoms with Crippen LogP contribution in [-0.4, -0.2) is 79.1 Å². The van der Waals surface area contributed by atoms with Gasteiger partial charge in [-0.1, -0.05) is 12.8 Å². The van der Waals surface area contributed by atoms with Gasteiger partial charge in [0.25, 0.3) is 5.91 Å². The molecule has 0 bridgehead atoms. The first-order valence-electron chi connectivity index (χ1n) is 11.4. The van der Waals surface area contributed by atoms with E-state index in [-0.39, 0.29) is 30.4 Å². The molecule has 0 radical (unpaired) electrons. The van der Waals surface area contributed by atoms with E-state index in [0.717, 1.165) is 56.7 Å². The number of carbonyl (C=O) groups excluding carboxylic acids is 2. The maximum absolute atomic E-state index is 13.6. The van der Waals surface area contributed by atoms with Crippen LogP contribution in [0, 0.1) is 5.92 Å². The maximum Gasteiger partial charge on any atom is 0.256 e. The molecule has 1 saturated carbocycles. The van der Waals surface area contributed by atoms with Crippen molar-refractivity contribution in [3.05, 3.63) is 23.8 Å². The lowest BCUT2D eigenvalue weighted by Gasteiger charge is -2.40. The van der Waals surface area contributed by atoms with Crippen molar-refractivity contribution in [3.8, 4) is 0 Å². The molecule has 2 N–H and O–H groups in total. The average Bonchev–Trinajstić information content (AvgIpc) is 3.60. The van der Waals surface area contributed by atoms with Crippen LogP contribution in [0.15, 0.2) is 18.2 Å². The van der Waals surface area contributed by atoms with E-state index >= 15 is 0 Å². The molecule has 2 heterocycles. The lowest BCUT2D eigenvalue weighted by Crippen LogP contribution is -2.55. The number of hydrogen-bond acceptors (Lipinski definition) is 5. The minimum atomic E-state index is -0.192. The number of nitrogens with zero attached hydrogens (tertiary/aromatic N) is 3. The summed E-state index contributed by atoms with van der Waals surface area (Å²) >= 11 is 0. The van der Waals surface area contributed by atoms with Gasteiger partial charge in [-0.25, -0.2) is 0 Å². The van der Waals surface area contributed by atoms with Gasteiger partial charge >= 0.3 is 0 Å². The van der Waals surface area contributed by atoms with Crippen molar-refractivity contribution in [2.24, 2.45) is 5.92 Å². The number of aliphatic hydroxyl groups is 1. The normalized spacial score (nSPS) is 23.2. The van der Waals surface area contributed by atoms with Gasteiger partial charge in [0, 0.05) is 44.3 Å². The summed E-state index contributed by atoms with van der Waals surface area (Å²) in [5.41, 5.74) is 2.34. The highest BCUT2D eigenvalue weighted by Gasteiger charge is 2.32. The maximum atomic E-state index is 13.6.